The molecule has 0 spiro atoms. The number of hydrogen-bond acceptors (Lipinski definition) is 6. The third-order valence-electron chi connectivity index (χ3n) is 3.82. The molecule has 8 heteroatoms. The first-order valence-corrected chi connectivity index (χ1v) is 7.29. The Morgan fingerprint density at radius 3 is 2.74 bits per heavy atom. The number of likely N-dealkylation sites (N-methyl/N-ethyl adjacent to an activating group) is 1. The zero-order chi connectivity index (χ0) is 16.4. The molecule has 0 aliphatic carbocycles. The molecule has 0 bridgehead atoms. The second kappa shape index (κ2) is 6.33. The molecule has 23 heavy (non-hydrogen) atoms. The van der Waals surface area contributed by atoms with Gasteiger partial charge in [-0.05, 0) is 13.1 Å². The van der Waals surface area contributed by atoms with Gasteiger partial charge in [0.25, 0.3) is 0 Å². The van der Waals surface area contributed by atoms with E-state index in [0.29, 0.717) is 17.4 Å². The summed E-state index contributed by atoms with van der Waals surface area (Å²) in [5.74, 6) is 0.184. The van der Waals surface area contributed by atoms with Crippen molar-refractivity contribution in [3.63, 3.8) is 0 Å². The lowest BCUT2D eigenvalue weighted by molar-refractivity contribution is 0.447. The van der Waals surface area contributed by atoms with Crippen LogP contribution in [0.15, 0.2) is 24.3 Å². The molecule has 1 aromatic heterocycles. The Bertz CT molecular complexity index is 702. The molecule has 0 atom stereocenters. The smallest absolute Gasteiger partial charge is 0.223 e. The van der Waals surface area contributed by atoms with E-state index in [4.69, 9.17) is 5.73 Å². The number of anilines is 3. The Labute approximate surface area is 132 Å². The molecular weight excluding hydrogens is 302 g/mol. The molecule has 2 aromatic rings. The molecule has 0 amide bonds. The fraction of sp³-hybridized carbons (Fsp3) is 0.333. The Morgan fingerprint density at radius 1 is 1.26 bits per heavy atom. The molecule has 0 saturated carbocycles. The van der Waals surface area contributed by atoms with Gasteiger partial charge in [-0.15, -0.1) is 0 Å². The van der Waals surface area contributed by atoms with Crippen LogP contribution in [0.1, 0.15) is 5.56 Å². The van der Waals surface area contributed by atoms with Crippen molar-refractivity contribution in [2.45, 2.75) is 12.6 Å². The number of nitrogens with zero attached hydrogens (tertiary/aromatic N) is 3. The minimum Gasteiger partial charge on any atom is -0.368 e. The molecule has 6 nitrogen and oxygen atoms in total. The Balaban J connectivity index is 1.69. The summed E-state index contributed by atoms with van der Waals surface area (Å²) in [7, 11) is 1.92. The number of hydrogen-bond donors (Lipinski definition) is 3. The fourth-order valence-corrected chi connectivity index (χ4v) is 2.40. The van der Waals surface area contributed by atoms with Crippen LogP contribution in [0, 0.1) is 11.6 Å². The highest BCUT2D eigenvalue weighted by molar-refractivity contribution is 5.54. The highest BCUT2D eigenvalue weighted by atomic mass is 19.1. The second-order valence-corrected chi connectivity index (χ2v) is 5.45. The van der Waals surface area contributed by atoms with Crippen LogP contribution in [0.2, 0.25) is 0 Å². The van der Waals surface area contributed by atoms with Crippen molar-refractivity contribution < 1.29 is 8.78 Å². The number of rotatable bonds is 5. The number of nitrogens with two attached hydrogens (primary N) is 1. The van der Waals surface area contributed by atoms with Crippen molar-refractivity contribution >= 4 is 17.6 Å². The molecule has 1 aliphatic heterocycles. The number of nitrogens with one attached hydrogen (secondary N) is 2. The lowest BCUT2D eigenvalue weighted by atomic mass is 10.1. The third kappa shape index (κ3) is 3.48. The molecule has 0 radical (unpaired) electrons. The summed E-state index contributed by atoms with van der Waals surface area (Å²) in [5.41, 5.74) is 6.08. The summed E-state index contributed by atoms with van der Waals surface area (Å²) < 4.78 is 26.5. The van der Waals surface area contributed by atoms with Gasteiger partial charge in [-0.1, -0.05) is 6.07 Å². The maximum Gasteiger partial charge on any atom is 0.223 e. The van der Waals surface area contributed by atoms with Crippen LogP contribution in [-0.4, -0.2) is 36.1 Å². The Hall–Kier alpha value is -2.48. The van der Waals surface area contributed by atoms with E-state index in [1.807, 2.05) is 7.05 Å². The van der Waals surface area contributed by atoms with E-state index in [0.717, 1.165) is 25.0 Å². The first-order chi connectivity index (χ1) is 11.0. The minimum absolute atomic E-state index is 0.150. The maximum atomic E-state index is 13.6. The first-order valence-electron chi connectivity index (χ1n) is 7.29. The molecule has 1 aliphatic rings. The first kappa shape index (κ1) is 15.4. The van der Waals surface area contributed by atoms with Gasteiger partial charge in [-0.2, -0.15) is 9.97 Å². The average Bonchev–Trinajstić information content (AvgIpc) is 2.45. The van der Waals surface area contributed by atoms with Gasteiger partial charge in [0, 0.05) is 43.4 Å². The predicted molar refractivity (Wildman–Crippen MR) is 85.2 cm³/mol. The zero-order valence-corrected chi connectivity index (χ0v) is 12.7. The van der Waals surface area contributed by atoms with Crippen LogP contribution >= 0.6 is 0 Å². The van der Waals surface area contributed by atoms with Gasteiger partial charge in [0.1, 0.15) is 23.3 Å². The monoisotopic (exact) mass is 320 g/mol. The fourth-order valence-electron chi connectivity index (χ4n) is 2.40. The summed E-state index contributed by atoms with van der Waals surface area (Å²) in [5, 5.41) is 6.18. The highest BCUT2D eigenvalue weighted by Gasteiger charge is 2.26. The van der Waals surface area contributed by atoms with Crippen LogP contribution in [0.3, 0.4) is 0 Å². The molecule has 2 heterocycles. The van der Waals surface area contributed by atoms with Gasteiger partial charge < -0.3 is 21.3 Å². The maximum absolute atomic E-state index is 13.6. The van der Waals surface area contributed by atoms with Crippen molar-refractivity contribution in [1.82, 2.24) is 15.3 Å². The number of benzene rings is 1. The Kier molecular flexibility index (Phi) is 4.24. The van der Waals surface area contributed by atoms with Gasteiger partial charge >= 0.3 is 0 Å². The molecular formula is C15H18F2N6. The van der Waals surface area contributed by atoms with Gasteiger partial charge in [-0.3, -0.25) is 0 Å². The number of aromatic nitrogens is 2. The number of nitrogen functional groups attached to an aromatic ring is 1. The topological polar surface area (TPSA) is 79.1 Å². The van der Waals surface area contributed by atoms with Crippen molar-refractivity contribution in [2.24, 2.45) is 0 Å². The van der Waals surface area contributed by atoms with Crippen LogP contribution in [0.4, 0.5) is 26.4 Å². The molecule has 3 rings (SSSR count). The van der Waals surface area contributed by atoms with Crippen LogP contribution in [-0.2, 0) is 6.54 Å². The quantitative estimate of drug-likeness (QED) is 0.772. The van der Waals surface area contributed by atoms with Gasteiger partial charge in [-0.25, -0.2) is 8.78 Å². The largest absolute Gasteiger partial charge is 0.368 e. The average molecular weight is 320 g/mol. The highest BCUT2D eigenvalue weighted by Crippen LogP contribution is 2.22. The van der Waals surface area contributed by atoms with E-state index in [1.165, 1.54) is 12.1 Å². The summed E-state index contributed by atoms with van der Waals surface area (Å²) in [4.78, 5) is 10.4. The van der Waals surface area contributed by atoms with Crippen LogP contribution < -0.4 is 21.3 Å². The summed E-state index contributed by atoms with van der Waals surface area (Å²) in [6.45, 7) is 1.87. The second-order valence-electron chi connectivity index (χ2n) is 5.45. The molecule has 1 aromatic carbocycles. The van der Waals surface area contributed by atoms with E-state index >= 15 is 0 Å². The third-order valence-corrected chi connectivity index (χ3v) is 3.82. The van der Waals surface area contributed by atoms with E-state index in [1.54, 1.807) is 6.07 Å². The molecule has 1 fully saturated rings. The molecule has 122 valence electrons. The van der Waals surface area contributed by atoms with E-state index in [9.17, 15) is 8.78 Å². The van der Waals surface area contributed by atoms with Crippen molar-refractivity contribution in [1.29, 1.82) is 0 Å². The zero-order valence-electron chi connectivity index (χ0n) is 12.7. The van der Waals surface area contributed by atoms with Crippen molar-refractivity contribution in [3.05, 3.63) is 41.5 Å². The summed E-state index contributed by atoms with van der Waals surface area (Å²) in [6, 6.07) is 5.68. The van der Waals surface area contributed by atoms with Gasteiger partial charge in [0.2, 0.25) is 5.95 Å². The van der Waals surface area contributed by atoms with Crippen molar-refractivity contribution in [3.8, 4) is 0 Å². The normalized spacial score (nSPS) is 14.7. The van der Waals surface area contributed by atoms with E-state index in [-0.39, 0.29) is 12.5 Å². The van der Waals surface area contributed by atoms with Gasteiger partial charge in [0.15, 0.2) is 0 Å². The Morgan fingerprint density at radius 2 is 2.04 bits per heavy atom. The van der Waals surface area contributed by atoms with Crippen LogP contribution in [0.5, 0.6) is 0 Å². The minimum atomic E-state index is -0.600. The standard InChI is InChI=1S/C15H18F2N6/c1-19-11-7-23(8-11)14-5-13(21-15(18)22-14)20-6-9-2-3-10(16)4-12(9)17/h2-5,11,19H,6-8H2,1H3,(H3,18,20,21,22). The molecule has 1 saturated heterocycles. The SMILES string of the molecule is CNC1CN(c2cc(NCc3ccc(F)cc3F)nc(N)n2)C1. The van der Waals surface area contributed by atoms with Gasteiger partial charge in [0.05, 0.1) is 0 Å². The summed E-state index contributed by atoms with van der Waals surface area (Å²) in [6.07, 6.45) is 0. The van der Waals surface area contributed by atoms with E-state index < -0.39 is 11.6 Å². The van der Waals surface area contributed by atoms with Crippen molar-refractivity contribution in [2.75, 3.05) is 36.1 Å². The predicted octanol–water partition coefficient (Wildman–Crippen LogP) is 1.36. The lowest BCUT2D eigenvalue weighted by Gasteiger charge is -2.40. The molecule has 4 N–H and O–H groups in total. The van der Waals surface area contributed by atoms with E-state index in [2.05, 4.69) is 25.5 Å². The van der Waals surface area contributed by atoms with Crippen LogP contribution in [0.25, 0.3) is 0 Å². The summed E-state index contributed by atoms with van der Waals surface area (Å²) >= 11 is 0. The lowest BCUT2D eigenvalue weighted by Crippen LogP contribution is -2.57. The number of halogens is 2. The molecule has 0 unspecified atom stereocenters.